The average molecular weight is 423 g/mol. The van der Waals surface area contributed by atoms with Crippen LogP contribution in [0, 0.1) is 0 Å². The minimum atomic E-state index is -3.47. The van der Waals surface area contributed by atoms with Gasteiger partial charge in [-0.05, 0) is 40.8 Å². The molecule has 0 radical (unpaired) electrons. The lowest BCUT2D eigenvalue weighted by Crippen LogP contribution is -2.28. The number of hydrogen-bond donors (Lipinski definition) is 1. The lowest BCUT2D eigenvalue weighted by molar-refractivity contribution is -0.116. The van der Waals surface area contributed by atoms with Crippen molar-refractivity contribution in [1.29, 1.82) is 0 Å². The highest BCUT2D eigenvalue weighted by molar-refractivity contribution is 7.91. The molecule has 154 valence electrons. The summed E-state index contributed by atoms with van der Waals surface area (Å²) in [5.41, 5.74) is 3.14. The van der Waals surface area contributed by atoms with E-state index in [0.717, 1.165) is 16.8 Å². The molecule has 2 rings (SSSR count). The van der Waals surface area contributed by atoms with Crippen LogP contribution in [0.1, 0.15) is 63.5 Å². The number of nitrogens with zero attached hydrogens (tertiary/aromatic N) is 1. The predicted molar refractivity (Wildman–Crippen MR) is 117 cm³/mol. The number of para-hydroxylation sites is 1. The first-order valence-corrected chi connectivity index (χ1v) is 11.9. The molecular formula is C21H30N2O3S2. The molecule has 0 fully saturated rings. The zero-order valence-electron chi connectivity index (χ0n) is 17.2. The van der Waals surface area contributed by atoms with Gasteiger partial charge in [0.05, 0.1) is 0 Å². The van der Waals surface area contributed by atoms with E-state index in [1.165, 1.54) is 15.6 Å². The highest BCUT2D eigenvalue weighted by Crippen LogP contribution is 2.32. The molecule has 0 bridgehead atoms. The first-order chi connectivity index (χ1) is 13.1. The molecule has 1 N–H and O–H groups in total. The number of rotatable bonds is 9. The van der Waals surface area contributed by atoms with Gasteiger partial charge in [-0.2, -0.15) is 0 Å². The van der Waals surface area contributed by atoms with Gasteiger partial charge in [-0.15, -0.1) is 11.3 Å². The molecule has 0 atom stereocenters. The van der Waals surface area contributed by atoms with Gasteiger partial charge in [0.25, 0.3) is 10.0 Å². The predicted octanol–water partition coefficient (Wildman–Crippen LogP) is 5.03. The monoisotopic (exact) mass is 422 g/mol. The van der Waals surface area contributed by atoms with Gasteiger partial charge in [0.1, 0.15) is 4.21 Å². The summed E-state index contributed by atoms with van der Waals surface area (Å²) < 4.78 is 26.5. The van der Waals surface area contributed by atoms with E-state index < -0.39 is 10.0 Å². The van der Waals surface area contributed by atoms with E-state index in [1.54, 1.807) is 24.6 Å². The summed E-state index contributed by atoms with van der Waals surface area (Å²) in [6.45, 7) is 8.74. The summed E-state index contributed by atoms with van der Waals surface area (Å²) >= 11 is 1.20. The first kappa shape index (κ1) is 22.6. The second-order valence-electron chi connectivity index (χ2n) is 7.53. The van der Waals surface area contributed by atoms with Crippen LogP contribution in [0.2, 0.25) is 0 Å². The van der Waals surface area contributed by atoms with E-state index in [0.29, 0.717) is 29.0 Å². The summed E-state index contributed by atoms with van der Waals surface area (Å²) in [7, 11) is -1.91. The van der Waals surface area contributed by atoms with Crippen LogP contribution in [-0.2, 0) is 14.8 Å². The van der Waals surface area contributed by atoms with Gasteiger partial charge in [0.2, 0.25) is 5.91 Å². The number of carbonyl (C=O) groups is 1. The Kier molecular flexibility index (Phi) is 7.80. The van der Waals surface area contributed by atoms with Gasteiger partial charge in [-0.1, -0.05) is 52.0 Å². The van der Waals surface area contributed by atoms with Gasteiger partial charge in [-0.25, -0.2) is 12.7 Å². The number of carbonyl (C=O) groups excluding carboxylic acids is 1. The number of thiophene rings is 1. The molecule has 0 aliphatic rings. The summed E-state index contributed by atoms with van der Waals surface area (Å²) in [5.74, 6) is 0.518. The van der Waals surface area contributed by atoms with Gasteiger partial charge in [0, 0.05) is 25.7 Å². The molecule has 1 amide bonds. The Bertz CT molecular complexity index is 862. The maximum Gasteiger partial charge on any atom is 0.252 e. The van der Waals surface area contributed by atoms with Crippen molar-refractivity contribution < 1.29 is 13.2 Å². The molecule has 28 heavy (non-hydrogen) atoms. The molecule has 0 saturated heterocycles. The van der Waals surface area contributed by atoms with E-state index in [9.17, 15) is 13.2 Å². The van der Waals surface area contributed by atoms with E-state index >= 15 is 0 Å². The van der Waals surface area contributed by atoms with Gasteiger partial charge < -0.3 is 5.32 Å². The molecule has 1 heterocycles. The van der Waals surface area contributed by atoms with Crippen molar-refractivity contribution in [3.8, 4) is 0 Å². The van der Waals surface area contributed by atoms with Crippen LogP contribution >= 0.6 is 11.3 Å². The third kappa shape index (κ3) is 5.43. The SMILES string of the molecule is CC(C)c1cccc(C(C)C)c1NC(=O)CCCN(C)S(=O)(=O)c1cccs1. The second-order valence-corrected chi connectivity index (χ2v) is 10.8. The van der Waals surface area contributed by atoms with Gasteiger partial charge >= 0.3 is 0 Å². The molecule has 0 spiro atoms. The summed E-state index contributed by atoms with van der Waals surface area (Å²) in [6.07, 6.45) is 0.738. The van der Waals surface area contributed by atoms with E-state index in [1.807, 2.05) is 18.2 Å². The first-order valence-electron chi connectivity index (χ1n) is 9.57. The van der Waals surface area contributed by atoms with E-state index in [2.05, 4.69) is 33.0 Å². The third-order valence-corrected chi connectivity index (χ3v) is 7.90. The fraction of sp³-hybridized carbons (Fsp3) is 0.476. The number of hydrogen-bond acceptors (Lipinski definition) is 4. The van der Waals surface area contributed by atoms with Crippen LogP contribution in [0.15, 0.2) is 39.9 Å². The number of anilines is 1. The fourth-order valence-corrected chi connectivity index (χ4v) is 5.45. The number of benzene rings is 1. The molecule has 1 aromatic carbocycles. The normalized spacial score (nSPS) is 12.1. The van der Waals surface area contributed by atoms with Crippen molar-refractivity contribution in [1.82, 2.24) is 4.31 Å². The highest BCUT2D eigenvalue weighted by Gasteiger charge is 2.22. The van der Waals surface area contributed by atoms with Gasteiger partial charge in [0.15, 0.2) is 0 Å². The summed E-state index contributed by atoms with van der Waals surface area (Å²) in [4.78, 5) is 12.5. The van der Waals surface area contributed by atoms with Crippen molar-refractivity contribution in [3.05, 3.63) is 46.8 Å². The van der Waals surface area contributed by atoms with Crippen molar-refractivity contribution in [2.75, 3.05) is 18.9 Å². The lowest BCUT2D eigenvalue weighted by atomic mass is 9.92. The number of nitrogens with one attached hydrogen (secondary N) is 1. The maximum atomic E-state index is 12.5. The molecule has 0 saturated carbocycles. The molecule has 0 unspecified atom stereocenters. The van der Waals surface area contributed by atoms with Crippen LogP contribution in [-0.4, -0.2) is 32.2 Å². The zero-order valence-corrected chi connectivity index (χ0v) is 18.9. The third-order valence-electron chi connectivity index (χ3n) is 4.67. The molecule has 0 aliphatic heterocycles. The maximum absolute atomic E-state index is 12.5. The van der Waals surface area contributed by atoms with Crippen LogP contribution < -0.4 is 5.32 Å². The summed E-state index contributed by atoms with van der Waals surface area (Å²) in [6, 6.07) is 9.45. The highest BCUT2D eigenvalue weighted by atomic mass is 32.2. The minimum absolute atomic E-state index is 0.0862. The Hall–Kier alpha value is -1.70. The minimum Gasteiger partial charge on any atom is -0.326 e. The topological polar surface area (TPSA) is 66.5 Å². The molecule has 2 aromatic rings. The molecule has 0 aliphatic carbocycles. The second kappa shape index (κ2) is 9.67. The Morgan fingerprint density at radius 3 is 2.18 bits per heavy atom. The standard InChI is InChI=1S/C21H30N2O3S2/c1-15(2)17-9-6-10-18(16(3)4)21(17)22-19(24)11-7-13-23(5)28(25,26)20-12-8-14-27-20/h6,8-10,12,14-16H,7,11,13H2,1-5H3,(H,22,24). The smallest absolute Gasteiger partial charge is 0.252 e. The quantitative estimate of drug-likeness (QED) is 0.616. The lowest BCUT2D eigenvalue weighted by Gasteiger charge is -2.20. The zero-order chi connectivity index (χ0) is 20.9. The molecule has 7 heteroatoms. The summed E-state index contributed by atoms with van der Waals surface area (Å²) in [5, 5.41) is 4.82. The Labute approximate surface area is 172 Å². The van der Waals surface area contributed by atoms with Gasteiger partial charge in [-0.3, -0.25) is 4.79 Å². The Balaban J connectivity index is 2.00. The van der Waals surface area contributed by atoms with Crippen LogP contribution in [0.5, 0.6) is 0 Å². The van der Waals surface area contributed by atoms with Crippen molar-refractivity contribution in [2.24, 2.45) is 0 Å². The largest absolute Gasteiger partial charge is 0.326 e. The average Bonchev–Trinajstić information content (AvgIpc) is 3.16. The number of sulfonamides is 1. The molecule has 1 aromatic heterocycles. The fourth-order valence-electron chi connectivity index (χ4n) is 3.04. The molecule has 5 nitrogen and oxygen atoms in total. The van der Waals surface area contributed by atoms with Crippen LogP contribution in [0.25, 0.3) is 0 Å². The van der Waals surface area contributed by atoms with E-state index in [4.69, 9.17) is 0 Å². The van der Waals surface area contributed by atoms with Crippen molar-refractivity contribution in [3.63, 3.8) is 0 Å². The van der Waals surface area contributed by atoms with Crippen LogP contribution in [0.3, 0.4) is 0 Å². The van der Waals surface area contributed by atoms with Crippen LogP contribution in [0.4, 0.5) is 5.69 Å². The number of amides is 1. The molecular weight excluding hydrogens is 392 g/mol. The van der Waals surface area contributed by atoms with Crippen molar-refractivity contribution in [2.45, 2.75) is 56.6 Å². The van der Waals surface area contributed by atoms with Crippen molar-refractivity contribution >= 4 is 33.0 Å². The Morgan fingerprint density at radius 1 is 1.07 bits per heavy atom. The Morgan fingerprint density at radius 2 is 1.68 bits per heavy atom. The van der Waals surface area contributed by atoms with E-state index in [-0.39, 0.29) is 12.3 Å².